The highest BCUT2D eigenvalue weighted by Gasteiger charge is 2.24. The molecule has 0 unspecified atom stereocenters. The quantitative estimate of drug-likeness (QED) is 0.570. The minimum atomic E-state index is -0.201. The minimum Gasteiger partial charge on any atom is -0.342 e. The molecule has 7 heteroatoms. The molecular formula is C22H26N4O2S. The van der Waals surface area contributed by atoms with Crippen molar-refractivity contribution in [2.45, 2.75) is 20.4 Å². The smallest absolute Gasteiger partial charge is 0.257 e. The molecule has 3 rings (SSSR count). The second-order valence-corrected chi connectivity index (χ2v) is 7.73. The number of carbonyl (C=O) groups excluding carboxylic acids is 2. The molecule has 6 nitrogen and oxygen atoms in total. The summed E-state index contributed by atoms with van der Waals surface area (Å²) >= 11 is 1.54. The summed E-state index contributed by atoms with van der Waals surface area (Å²) in [6, 6.07) is 13.9. The van der Waals surface area contributed by atoms with Crippen LogP contribution in [0, 0.1) is 0 Å². The Bertz CT molecular complexity index is 947. The van der Waals surface area contributed by atoms with Crippen LogP contribution < -0.4 is 0 Å². The maximum Gasteiger partial charge on any atom is 0.257 e. The summed E-state index contributed by atoms with van der Waals surface area (Å²) in [5.74, 6) is -0.256. The summed E-state index contributed by atoms with van der Waals surface area (Å²) in [6.07, 6.45) is 1.78. The van der Waals surface area contributed by atoms with Crippen molar-refractivity contribution in [1.82, 2.24) is 19.6 Å². The van der Waals surface area contributed by atoms with Crippen LogP contribution in [0.2, 0.25) is 0 Å². The predicted molar refractivity (Wildman–Crippen MR) is 116 cm³/mol. The van der Waals surface area contributed by atoms with Gasteiger partial charge in [-0.05, 0) is 30.9 Å². The zero-order chi connectivity index (χ0) is 20.8. The number of hydrogen-bond acceptors (Lipinski definition) is 4. The van der Waals surface area contributed by atoms with E-state index in [0.29, 0.717) is 30.9 Å². The molecule has 0 fully saturated rings. The molecule has 29 heavy (non-hydrogen) atoms. The highest BCUT2D eigenvalue weighted by atomic mass is 32.1. The molecule has 2 aromatic heterocycles. The van der Waals surface area contributed by atoms with Crippen LogP contribution in [0.15, 0.2) is 54.0 Å². The molecule has 0 atom stereocenters. The van der Waals surface area contributed by atoms with Crippen molar-refractivity contribution in [2.24, 2.45) is 0 Å². The van der Waals surface area contributed by atoms with Gasteiger partial charge in [-0.3, -0.25) is 14.3 Å². The number of likely N-dealkylation sites (N-methyl/N-ethyl adjacent to an activating group) is 2. The molecule has 0 N–H and O–H groups in total. The number of hydrogen-bond donors (Lipinski definition) is 0. The van der Waals surface area contributed by atoms with E-state index < -0.39 is 0 Å². The number of amides is 2. The second-order valence-electron chi connectivity index (χ2n) is 6.78. The van der Waals surface area contributed by atoms with Crippen molar-refractivity contribution in [3.63, 3.8) is 0 Å². The second kappa shape index (κ2) is 9.52. The Morgan fingerprint density at radius 1 is 1.07 bits per heavy atom. The van der Waals surface area contributed by atoms with Crippen LogP contribution in [0.1, 0.15) is 29.8 Å². The van der Waals surface area contributed by atoms with E-state index >= 15 is 0 Å². The SMILES string of the molecule is CCN(CC)C(=O)CN(C)C(=O)c1cn(Cc2ccccc2)nc1-c1cccs1. The molecule has 0 radical (unpaired) electrons. The van der Waals surface area contributed by atoms with E-state index in [2.05, 4.69) is 5.10 Å². The van der Waals surface area contributed by atoms with Gasteiger partial charge in [-0.15, -0.1) is 11.3 Å². The van der Waals surface area contributed by atoms with Crippen molar-refractivity contribution in [1.29, 1.82) is 0 Å². The molecule has 152 valence electrons. The number of aromatic nitrogens is 2. The van der Waals surface area contributed by atoms with Crippen LogP contribution in [-0.4, -0.2) is 58.1 Å². The van der Waals surface area contributed by atoms with Gasteiger partial charge in [0.05, 0.1) is 23.5 Å². The lowest BCUT2D eigenvalue weighted by Gasteiger charge is -2.23. The molecule has 0 saturated heterocycles. The van der Waals surface area contributed by atoms with Crippen LogP contribution in [0.3, 0.4) is 0 Å². The third-order valence-electron chi connectivity index (χ3n) is 4.77. The largest absolute Gasteiger partial charge is 0.342 e. The first-order valence-electron chi connectivity index (χ1n) is 9.72. The van der Waals surface area contributed by atoms with Gasteiger partial charge < -0.3 is 9.80 Å². The van der Waals surface area contributed by atoms with Crippen LogP contribution >= 0.6 is 11.3 Å². The summed E-state index contributed by atoms with van der Waals surface area (Å²) < 4.78 is 1.79. The van der Waals surface area contributed by atoms with Crippen molar-refractivity contribution >= 4 is 23.2 Å². The highest BCUT2D eigenvalue weighted by molar-refractivity contribution is 7.13. The fourth-order valence-corrected chi connectivity index (χ4v) is 3.90. The highest BCUT2D eigenvalue weighted by Crippen LogP contribution is 2.27. The monoisotopic (exact) mass is 410 g/mol. The summed E-state index contributed by atoms with van der Waals surface area (Å²) in [7, 11) is 1.66. The first-order chi connectivity index (χ1) is 14.0. The average molecular weight is 411 g/mol. The standard InChI is InChI=1S/C22H26N4O2S/c1-4-25(5-2)20(27)16-24(3)22(28)18-15-26(14-17-10-7-6-8-11-17)23-21(18)19-12-9-13-29-19/h6-13,15H,4-5,14,16H2,1-3H3. The lowest BCUT2D eigenvalue weighted by molar-refractivity contribution is -0.131. The molecule has 0 aliphatic carbocycles. The Morgan fingerprint density at radius 3 is 2.41 bits per heavy atom. The van der Waals surface area contributed by atoms with Gasteiger partial charge in [-0.25, -0.2) is 0 Å². The number of rotatable bonds is 8. The van der Waals surface area contributed by atoms with E-state index in [0.717, 1.165) is 10.4 Å². The Hall–Kier alpha value is -2.93. The third-order valence-corrected chi connectivity index (χ3v) is 5.65. The van der Waals surface area contributed by atoms with E-state index in [1.54, 1.807) is 34.2 Å². The van der Waals surface area contributed by atoms with Gasteiger partial charge in [0.2, 0.25) is 5.91 Å². The fraction of sp³-hybridized carbons (Fsp3) is 0.318. The molecule has 0 bridgehead atoms. The number of nitrogens with zero attached hydrogens (tertiary/aromatic N) is 4. The minimum absolute atomic E-state index is 0.0499. The Labute approximate surface area is 175 Å². The third kappa shape index (κ3) is 4.92. The normalized spacial score (nSPS) is 10.7. The Kier molecular flexibility index (Phi) is 6.82. The zero-order valence-corrected chi connectivity index (χ0v) is 17.9. The number of carbonyl (C=O) groups is 2. The first kappa shape index (κ1) is 20.8. The van der Waals surface area contributed by atoms with E-state index in [1.807, 2.05) is 61.7 Å². The fourth-order valence-electron chi connectivity index (χ4n) is 3.18. The number of benzene rings is 1. The Balaban J connectivity index is 1.86. The topological polar surface area (TPSA) is 58.4 Å². The van der Waals surface area contributed by atoms with Crippen molar-refractivity contribution in [3.8, 4) is 10.6 Å². The molecular weight excluding hydrogens is 384 g/mol. The van der Waals surface area contributed by atoms with Gasteiger partial charge >= 0.3 is 0 Å². The lowest BCUT2D eigenvalue weighted by Crippen LogP contribution is -2.41. The van der Waals surface area contributed by atoms with Gasteiger partial charge in [0.25, 0.3) is 5.91 Å². The van der Waals surface area contributed by atoms with Gasteiger partial charge in [-0.1, -0.05) is 36.4 Å². The van der Waals surface area contributed by atoms with Crippen LogP contribution in [0.25, 0.3) is 10.6 Å². The molecule has 0 saturated carbocycles. The van der Waals surface area contributed by atoms with Crippen molar-refractivity contribution < 1.29 is 9.59 Å². The summed E-state index contributed by atoms with van der Waals surface area (Å²) in [6.45, 7) is 5.76. The summed E-state index contributed by atoms with van der Waals surface area (Å²) in [4.78, 5) is 29.7. The number of thiophene rings is 1. The van der Waals surface area contributed by atoms with Crippen molar-refractivity contribution in [3.05, 3.63) is 65.2 Å². The van der Waals surface area contributed by atoms with E-state index in [9.17, 15) is 9.59 Å². The first-order valence-corrected chi connectivity index (χ1v) is 10.6. The van der Waals surface area contributed by atoms with Crippen LogP contribution in [-0.2, 0) is 11.3 Å². The lowest BCUT2D eigenvalue weighted by atomic mass is 10.2. The maximum atomic E-state index is 13.2. The molecule has 3 aromatic rings. The summed E-state index contributed by atoms with van der Waals surface area (Å²) in [5.41, 5.74) is 2.28. The van der Waals surface area contributed by atoms with E-state index in [1.165, 1.54) is 4.90 Å². The zero-order valence-electron chi connectivity index (χ0n) is 17.0. The molecule has 0 aliphatic rings. The predicted octanol–water partition coefficient (Wildman–Crippen LogP) is 3.60. The molecule has 2 heterocycles. The van der Waals surface area contributed by atoms with E-state index in [-0.39, 0.29) is 18.4 Å². The van der Waals surface area contributed by atoms with Crippen LogP contribution in [0.5, 0.6) is 0 Å². The summed E-state index contributed by atoms with van der Waals surface area (Å²) in [5, 5.41) is 6.65. The molecule has 0 aliphatic heterocycles. The van der Waals surface area contributed by atoms with Gasteiger partial charge in [0, 0.05) is 26.3 Å². The van der Waals surface area contributed by atoms with E-state index in [4.69, 9.17) is 0 Å². The molecule has 1 aromatic carbocycles. The molecule has 0 spiro atoms. The van der Waals surface area contributed by atoms with Crippen LogP contribution in [0.4, 0.5) is 0 Å². The Morgan fingerprint density at radius 2 is 1.79 bits per heavy atom. The maximum absolute atomic E-state index is 13.2. The van der Waals surface area contributed by atoms with Gasteiger partial charge in [0.15, 0.2) is 0 Å². The van der Waals surface area contributed by atoms with Crippen molar-refractivity contribution in [2.75, 3.05) is 26.7 Å². The average Bonchev–Trinajstić information content (AvgIpc) is 3.39. The van der Waals surface area contributed by atoms with Gasteiger partial charge in [-0.2, -0.15) is 5.10 Å². The van der Waals surface area contributed by atoms with Gasteiger partial charge in [0.1, 0.15) is 5.69 Å². The molecule has 2 amide bonds.